The second kappa shape index (κ2) is 3.10. The molecule has 1 aromatic heterocycles. The maximum atomic E-state index is 13.2. The number of halogens is 2. The summed E-state index contributed by atoms with van der Waals surface area (Å²) < 4.78 is 30.7. The van der Waals surface area contributed by atoms with E-state index in [0.717, 1.165) is 18.2 Å². The summed E-state index contributed by atoms with van der Waals surface area (Å²) in [5, 5.41) is 3.38. The third-order valence-electron chi connectivity index (χ3n) is 1.72. The van der Waals surface area contributed by atoms with Crippen molar-refractivity contribution >= 4 is 5.82 Å². The first-order valence-electron chi connectivity index (χ1n) is 3.84. The number of hydrogen-bond donors (Lipinski definition) is 1. The largest absolute Gasteiger partial charge is 0.381 e. The van der Waals surface area contributed by atoms with Crippen molar-refractivity contribution in [1.82, 2.24) is 5.16 Å². The Hall–Kier alpha value is -1.91. The first-order valence-corrected chi connectivity index (χ1v) is 3.84. The Balaban J connectivity index is 2.55. The number of aromatic nitrogens is 1. The van der Waals surface area contributed by atoms with Crippen molar-refractivity contribution in [3.8, 4) is 11.3 Å². The van der Waals surface area contributed by atoms with Crippen LogP contribution in [0.25, 0.3) is 11.3 Å². The van der Waals surface area contributed by atoms with Gasteiger partial charge in [-0.2, -0.15) is 0 Å². The third kappa shape index (κ3) is 1.44. The van der Waals surface area contributed by atoms with Crippen LogP contribution in [0.3, 0.4) is 0 Å². The Morgan fingerprint density at radius 3 is 2.64 bits per heavy atom. The van der Waals surface area contributed by atoms with Crippen molar-refractivity contribution in [2.75, 3.05) is 5.73 Å². The molecule has 72 valence electrons. The number of nitrogens with zero attached hydrogens (tertiary/aromatic N) is 1. The highest BCUT2D eigenvalue weighted by Crippen LogP contribution is 2.24. The highest BCUT2D eigenvalue weighted by Gasteiger charge is 2.11. The summed E-state index contributed by atoms with van der Waals surface area (Å²) >= 11 is 0. The zero-order chi connectivity index (χ0) is 10.1. The summed E-state index contributed by atoms with van der Waals surface area (Å²) in [7, 11) is 0. The van der Waals surface area contributed by atoms with E-state index in [0.29, 0.717) is 0 Å². The molecule has 14 heavy (non-hydrogen) atoms. The minimum atomic E-state index is -0.581. The fourth-order valence-electron chi connectivity index (χ4n) is 1.10. The average Bonchev–Trinajstić information content (AvgIpc) is 2.56. The van der Waals surface area contributed by atoms with Gasteiger partial charge in [-0.25, -0.2) is 8.78 Å². The van der Waals surface area contributed by atoms with E-state index >= 15 is 0 Å². The Bertz CT molecular complexity index is 468. The molecule has 3 nitrogen and oxygen atoms in total. The van der Waals surface area contributed by atoms with Crippen LogP contribution in [0.15, 0.2) is 28.8 Å². The van der Waals surface area contributed by atoms with Gasteiger partial charge < -0.3 is 10.3 Å². The van der Waals surface area contributed by atoms with Gasteiger partial charge in [0, 0.05) is 6.07 Å². The van der Waals surface area contributed by atoms with Crippen molar-refractivity contribution < 1.29 is 13.3 Å². The standard InChI is InChI=1S/C9H6F2N2O/c10-5-1-2-7(11)6(3-5)8-4-9(12)13-14-8/h1-4H,(H2,12,13). The molecule has 0 unspecified atom stereocenters. The van der Waals surface area contributed by atoms with Crippen LogP contribution in [0.5, 0.6) is 0 Å². The molecule has 1 aromatic carbocycles. The second-order valence-electron chi connectivity index (χ2n) is 2.74. The van der Waals surface area contributed by atoms with Gasteiger partial charge >= 0.3 is 0 Å². The number of anilines is 1. The van der Waals surface area contributed by atoms with Crippen molar-refractivity contribution in [2.45, 2.75) is 0 Å². The van der Waals surface area contributed by atoms with Gasteiger partial charge in [0.15, 0.2) is 11.6 Å². The van der Waals surface area contributed by atoms with Gasteiger partial charge in [-0.3, -0.25) is 0 Å². The molecule has 2 rings (SSSR count). The summed E-state index contributed by atoms with van der Waals surface area (Å²) in [5.41, 5.74) is 5.29. The summed E-state index contributed by atoms with van der Waals surface area (Å²) in [6.07, 6.45) is 0. The van der Waals surface area contributed by atoms with E-state index in [1.54, 1.807) is 0 Å². The van der Waals surface area contributed by atoms with Gasteiger partial charge in [0.25, 0.3) is 0 Å². The molecule has 0 aliphatic rings. The second-order valence-corrected chi connectivity index (χ2v) is 2.74. The van der Waals surface area contributed by atoms with Crippen molar-refractivity contribution in [2.24, 2.45) is 0 Å². The lowest BCUT2D eigenvalue weighted by atomic mass is 10.1. The van der Waals surface area contributed by atoms with Crippen molar-refractivity contribution in [1.29, 1.82) is 0 Å². The molecule has 1 heterocycles. The summed E-state index contributed by atoms with van der Waals surface area (Å²) in [6.45, 7) is 0. The zero-order valence-electron chi connectivity index (χ0n) is 7.00. The van der Waals surface area contributed by atoms with Crippen LogP contribution in [0, 0.1) is 11.6 Å². The van der Waals surface area contributed by atoms with E-state index in [9.17, 15) is 8.78 Å². The third-order valence-corrected chi connectivity index (χ3v) is 1.72. The molecule has 2 aromatic rings. The van der Waals surface area contributed by atoms with Crippen molar-refractivity contribution in [3.05, 3.63) is 35.9 Å². The molecule has 0 saturated heterocycles. The number of benzene rings is 1. The molecule has 0 radical (unpaired) electrons. The minimum Gasteiger partial charge on any atom is -0.381 e. The number of rotatable bonds is 1. The first kappa shape index (κ1) is 8.68. The van der Waals surface area contributed by atoms with Gasteiger partial charge in [0.2, 0.25) is 0 Å². The molecule has 0 saturated carbocycles. The minimum absolute atomic E-state index is 0.00852. The van der Waals surface area contributed by atoms with E-state index in [2.05, 4.69) is 5.16 Å². The van der Waals surface area contributed by atoms with Crippen LogP contribution in [0.1, 0.15) is 0 Å². The van der Waals surface area contributed by atoms with E-state index in [4.69, 9.17) is 10.3 Å². The van der Waals surface area contributed by atoms with Crippen LogP contribution in [-0.4, -0.2) is 5.16 Å². The normalized spacial score (nSPS) is 10.4. The SMILES string of the molecule is Nc1cc(-c2cc(F)ccc2F)on1. The smallest absolute Gasteiger partial charge is 0.172 e. The molecule has 0 aliphatic heterocycles. The molecule has 0 amide bonds. The highest BCUT2D eigenvalue weighted by atomic mass is 19.1. The Kier molecular flexibility index (Phi) is 1.92. The number of nitrogen functional groups attached to an aromatic ring is 1. The predicted octanol–water partition coefficient (Wildman–Crippen LogP) is 2.20. The molecule has 0 atom stereocenters. The van der Waals surface area contributed by atoms with E-state index in [1.165, 1.54) is 6.07 Å². The maximum absolute atomic E-state index is 13.2. The highest BCUT2D eigenvalue weighted by molar-refractivity contribution is 5.60. The lowest BCUT2D eigenvalue weighted by Crippen LogP contribution is -1.84. The fourth-order valence-corrected chi connectivity index (χ4v) is 1.10. The molecule has 2 N–H and O–H groups in total. The molecular formula is C9H6F2N2O. The van der Waals surface area contributed by atoms with Crippen LogP contribution >= 0.6 is 0 Å². The van der Waals surface area contributed by atoms with Crippen LogP contribution < -0.4 is 5.73 Å². The quantitative estimate of drug-likeness (QED) is 0.760. The van der Waals surface area contributed by atoms with Gasteiger partial charge in [-0.05, 0) is 18.2 Å². The molecule has 0 spiro atoms. The Labute approximate surface area is 78.1 Å². The monoisotopic (exact) mass is 196 g/mol. The zero-order valence-corrected chi connectivity index (χ0v) is 7.00. The van der Waals surface area contributed by atoms with E-state index in [1.807, 2.05) is 0 Å². The van der Waals surface area contributed by atoms with Crippen LogP contribution in [-0.2, 0) is 0 Å². The molecule has 0 fully saturated rings. The number of nitrogens with two attached hydrogens (primary N) is 1. The topological polar surface area (TPSA) is 52.0 Å². The molecular weight excluding hydrogens is 190 g/mol. The summed E-state index contributed by atoms with van der Waals surface area (Å²) in [5.74, 6) is -0.887. The van der Waals surface area contributed by atoms with E-state index < -0.39 is 11.6 Å². The predicted molar refractivity (Wildman–Crippen MR) is 46.3 cm³/mol. The Morgan fingerprint density at radius 2 is 2.00 bits per heavy atom. The van der Waals surface area contributed by atoms with Crippen LogP contribution in [0.4, 0.5) is 14.6 Å². The van der Waals surface area contributed by atoms with Gasteiger partial charge in [-0.15, -0.1) is 0 Å². The van der Waals surface area contributed by atoms with Crippen LogP contribution in [0.2, 0.25) is 0 Å². The Morgan fingerprint density at radius 1 is 1.21 bits per heavy atom. The van der Waals surface area contributed by atoms with E-state index in [-0.39, 0.29) is 17.1 Å². The fraction of sp³-hybridized carbons (Fsp3) is 0. The molecule has 0 bridgehead atoms. The first-order chi connectivity index (χ1) is 6.66. The average molecular weight is 196 g/mol. The lowest BCUT2D eigenvalue weighted by molar-refractivity contribution is 0.433. The summed E-state index contributed by atoms with van der Waals surface area (Å²) in [4.78, 5) is 0. The van der Waals surface area contributed by atoms with Gasteiger partial charge in [0.05, 0.1) is 5.56 Å². The van der Waals surface area contributed by atoms with Gasteiger partial charge in [-0.1, -0.05) is 5.16 Å². The molecule has 5 heteroatoms. The van der Waals surface area contributed by atoms with Gasteiger partial charge in [0.1, 0.15) is 11.6 Å². The number of hydrogen-bond acceptors (Lipinski definition) is 3. The maximum Gasteiger partial charge on any atom is 0.172 e. The van der Waals surface area contributed by atoms with Crippen molar-refractivity contribution in [3.63, 3.8) is 0 Å². The molecule has 0 aliphatic carbocycles. The lowest BCUT2D eigenvalue weighted by Gasteiger charge is -1.97. The summed E-state index contributed by atoms with van der Waals surface area (Å²) in [6, 6.07) is 4.40.